The Morgan fingerprint density at radius 3 is 2.96 bits per heavy atom. The van der Waals surface area contributed by atoms with Gasteiger partial charge in [-0.15, -0.1) is 0 Å². The SMILES string of the molecule is C[C@]1(N)CCCC(F)(F)[C@@H]1NC(=O)c1nc(-c2cnn3ccccc23)c(Cl)s1. The van der Waals surface area contributed by atoms with E-state index in [2.05, 4.69) is 15.4 Å². The van der Waals surface area contributed by atoms with Gasteiger partial charge in [-0.25, -0.2) is 18.3 Å². The molecule has 10 heteroatoms. The number of carbonyl (C=O) groups is 1. The smallest absolute Gasteiger partial charge is 0.280 e. The number of pyridine rings is 1. The maximum Gasteiger partial charge on any atom is 0.280 e. The van der Waals surface area contributed by atoms with Gasteiger partial charge in [-0.2, -0.15) is 5.10 Å². The topological polar surface area (TPSA) is 85.3 Å². The van der Waals surface area contributed by atoms with Crippen LogP contribution in [0, 0.1) is 0 Å². The molecule has 1 aliphatic carbocycles. The van der Waals surface area contributed by atoms with Gasteiger partial charge in [0.1, 0.15) is 16.1 Å². The van der Waals surface area contributed by atoms with Gasteiger partial charge >= 0.3 is 0 Å². The highest BCUT2D eigenvalue weighted by atomic mass is 35.5. The molecule has 0 radical (unpaired) electrons. The lowest BCUT2D eigenvalue weighted by atomic mass is 9.77. The van der Waals surface area contributed by atoms with E-state index in [1.807, 2.05) is 18.2 Å². The van der Waals surface area contributed by atoms with Gasteiger partial charge in [0.05, 0.1) is 11.7 Å². The van der Waals surface area contributed by atoms with Crippen LogP contribution in [0.4, 0.5) is 8.78 Å². The third-order valence-corrected chi connectivity index (χ3v) is 6.30. The zero-order valence-corrected chi connectivity index (χ0v) is 16.5. The van der Waals surface area contributed by atoms with Gasteiger partial charge < -0.3 is 11.1 Å². The Morgan fingerprint density at radius 2 is 2.21 bits per heavy atom. The molecule has 0 aliphatic heterocycles. The molecular formula is C18H18ClF2N5OS. The summed E-state index contributed by atoms with van der Waals surface area (Å²) in [6, 6.07) is 4.06. The molecule has 3 aromatic rings. The summed E-state index contributed by atoms with van der Waals surface area (Å²) in [4.78, 5) is 17.0. The predicted molar refractivity (Wildman–Crippen MR) is 104 cm³/mol. The fourth-order valence-electron chi connectivity index (χ4n) is 3.62. The quantitative estimate of drug-likeness (QED) is 0.669. The van der Waals surface area contributed by atoms with Gasteiger partial charge in [0, 0.05) is 23.7 Å². The Kier molecular flexibility index (Phi) is 4.64. The standard InChI is InChI=1S/C18H18ClF2N5OS/c1-17(22)6-4-7-18(20,21)16(17)25-14(27)15-24-12(13(19)28-15)10-9-23-26-8-3-2-5-11(10)26/h2-3,5,8-9,16H,4,6-7,22H2,1H3,(H,25,27)/t16-,17+/m1/s1. The molecule has 0 bridgehead atoms. The van der Waals surface area contributed by atoms with E-state index >= 15 is 0 Å². The van der Waals surface area contributed by atoms with Crippen molar-refractivity contribution in [3.63, 3.8) is 0 Å². The normalized spacial score (nSPS) is 24.4. The number of hydrogen-bond donors (Lipinski definition) is 2. The molecule has 4 rings (SSSR count). The third kappa shape index (κ3) is 3.27. The Morgan fingerprint density at radius 1 is 1.43 bits per heavy atom. The van der Waals surface area contributed by atoms with Gasteiger partial charge in [0.2, 0.25) is 0 Å². The molecule has 148 valence electrons. The molecule has 28 heavy (non-hydrogen) atoms. The Hall–Kier alpha value is -2.10. The number of halogens is 3. The van der Waals surface area contributed by atoms with Crippen molar-refractivity contribution in [1.82, 2.24) is 19.9 Å². The minimum Gasteiger partial charge on any atom is -0.339 e. The maximum atomic E-state index is 14.4. The van der Waals surface area contributed by atoms with Crippen LogP contribution >= 0.6 is 22.9 Å². The minimum absolute atomic E-state index is 0.00690. The Labute approximate surface area is 168 Å². The van der Waals surface area contributed by atoms with Crippen molar-refractivity contribution in [2.75, 3.05) is 0 Å². The van der Waals surface area contributed by atoms with Gasteiger partial charge in [0.15, 0.2) is 5.01 Å². The summed E-state index contributed by atoms with van der Waals surface area (Å²) in [5.74, 6) is -3.79. The van der Waals surface area contributed by atoms with Gasteiger partial charge in [-0.05, 0) is 31.9 Å². The molecular weight excluding hydrogens is 408 g/mol. The van der Waals surface area contributed by atoms with Crippen LogP contribution in [0.25, 0.3) is 16.8 Å². The van der Waals surface area contributed by atoms with E-state index in [9.17, 15) is 13.6 Å². The highest BCUT2D eigenvalue weighted by Gasteiger charge is 2.52. The number of hydrogen-bond acceptors (Lipinski definition) is 5. The first kappa shape index (κ1) is 19.2. The number of amides is 1. The van der Waals surface area contributed by atoms with Gasteiger partial charge in [0.25, 0.3) is 11.8 Å². The van der Waals surface area contributed by atoms with Crippen LogP contribution in [0.1, 0.15) is 36.0 Å². The number of aromatic nitrogens is 3. The number of nitrogens with one attached hydrogen (secondary N) is 1. The molecule has 3 N–H and O–H groups in total. The third-order valence-electron chi connectivity index (χ3n) is 5.04. The summed E-state index contributed by atoms with van der Waals surface area (Å²) in [5.41, 5.74) is 6.67. The fourth-order valence-corrected chi connectivity index (χ4v) is 4.69. The number of alkyl halides is 2. The van der Waals surface area contributed by atoms with Crippen LogP contribution in [-0.2, 0) is 0 Å². The highest BCUT2D eigenvalue weighted by Crippen LogP contribution is 2.39. The molecule has 2 atom stereocenters. The van der Waals surface area contributed by atoms with Crippen LogP contribution in [0.2, 0.25) is 4.34 Å². The summed E-state index contributed by atoms with van der Waals surface area (Å²) in [5, 5.41) is 6.63. The van der Waals surface area contributed by atoms with E-state index in [1.54, 1.807) is 16.9 Å². The first-order valence-electron chi connectivity index (χ1n) is 8.76. The molecule has 1 fully saturated rings. The average Bonchev–Trinajstić information content (AvgIpc) is 3.21. The Balaban J connectivity index is 1.64. The average molecular weight is 426 g/mol. The molecule has 1 saturated carbocycles. The van der Waals surface area contributed by atoms with Crippen LogP contribution < -0.4 is 11.1 Å². The van der Waals surface area contributed by atoms with Gasteiger partial charge in [-0.3, -0.25) is 4.79 Å². The second-order valence-electron chi connectivity index (χ2n) is 7.26. The van der Waals surface area contributed by atoms with Crippen molar-refractivity contribution in [2.45, 2.75) is 43.7 Å². The Bertz CT molecular complexity index is 1030. The number of thiazole rings is 1. The molecule has 1 amide bonds. The van der Waals surface area contributed by atoms with Crippen LogP contribution in [0.15, 0.2) is 30.6 Å². The van der Waals surface area contributed by atoms with E-state index in [-0.39, 0.29) is 15.8 Å². The van der Waals surface area contributed by atoms with Crippen molar-refractivity contribution in [1.29, 1.82) is 0 Å². The first-order chi connectivity index (χ1) is 13.2. The molecule has 0 saturated heterocycles. The van der Waals surface area contributed by atoms with Crippen LogP contribution in [-0.4, -0.2) is 38.0 Å². The van der Waals surface area contributed by atoms with Crippen molar-refractivity contribution in [3.05, 3.63) is 39.9 Å². The zero-order valence-electron chi connectivity index (χ0n) is 15.0. The van der Waals surface area contributed by atoms with Crippen LogP contribution in [0.3, 0.4) is 0 Å². The molecule has 0 aromatic carbocycles. The molecule has 0 spiro atoms. The minimum atomic E-state index is -3.08. The summed E-state index contributed by atoms with van der Waals surface area (Å²) in [6.07, 6.45) is 3.79. The summed E-state index contributed by atoms with van der Waals surface area (Å²) < 4.78 is 30.7. The lowest BCUT2D eigenvalue weighted by Crippen LogP contribution is -2.66. The first-order valence-corrected chi connectivity index (χ1v) is 9.95. The predicted octanol–water partition coefficient (Wildman–Crippen LogP) is 3.75. The number of nitrogens with zero attached hydrogens (tertiary/aromatic N) is 3. The summed E-state index contributed by atoms with van der Waals surface area (Å²) in [7, 11) is 0. The fraction of sp³-hybridized carbons (Fsp3) is 0.389. The van der Waals surface area contributed by atoms with Crippen molar-refractivity contribution in [3.8, 4) is 11.3 Å². The van der Waals surface area contributed by atoms with Crippen LogP contribution in [0.5, 0.6) is 0 Å². The number of rotatable bonds is 3. The maximum absolute atomic E-state index is 14.4. The largest absolute Gasteiger partial charge is 0.339 e. The highest BCUT2D eigenvalue weighted by molar-refractivity contribution is 7.18. The van der Waals surface area contributed by atoms with E-state index in [4.69, 9.17) is 17.3 Å². The van der Waals surface area contributed by atoms with E-state index in [1.165, 1.54) is 6.92 Å². The van der Waals surface area contributed by atoms with E-state index in [0.717, 1.165) is 16.9 Å². The lowest BCUT2D eigenvalue weighted by Gasteiger charge is -2.43. The number of carbonyl (C=O) groups excluding carboxylic acids is 1. The summed E-state index contributed by atoms with van der Waals surface area (Å²) in [6.45, 7) is 1.53. The summed E-state index contributed by atoms with van der Waals surface area (Å²) >= 11 is 7.24. The van der Waals surface area contributed by atoms with E-state index < -0.39 is 23.4 Å². The van der Waals surface area contributed by atoms with E-state index in [0.29, 0.717) is 24.1 Å². The van der Waals surface area contributed by atoms with Gasteiger partial charge in [-0.1, -0.05) is 29.0 Å². The van der Waals surface area contributed by atoms with Crippen molar-refractivity contribution < 1.29 is 13.6 Å². The molecule has 0 unspecified atom stereocenters. The molecule has 3 heterocycles. The molecule has 1 aliphatic rings. The monoisotopic (exact) mass is 425 g/mol. The molecule has 6 nitrogen and oxygen atoms in total. The number of fused-ring (bicyclic) bond motifs is 1. The number of nitrogens with two attached hydrogens (primary N) is 1. The molecule has 3 aromatic heterocycles. The lowest BCUT2D eigenvalue weighted by molar-refractivity contribution is -0.0852. The second kappa shape index (κ2) is 6.75. The van der Waals surface area contributed by atoms with Crippen molar-refractivity contribution in [2.24, 2.45) is 5.73 Å². The van der Waals surface area contributed by atoms with Crippen molar-refractivity contribution >= 4 is 34.4 Å². The second-order valence-corrected chi connectivity index (χ2v) is 8.86. The zero-order chi connectivity index (χ0) is 20.1.